The second-order valence-corrected chi connectivity index (χ2v) is 7.86. The second-order valence-electron chi connectivity index (χ2n) is 7.86. The Morgan fingerprint density at radius 3 is 2.31 bits per heavy atom. The number of likely N-dealkylation sites (N-methyl/N-ethyl adjacent to an activating group) is 1. The van der Waals surface area contributed by atoms with Gasteiger partial charge in [0.25, 0.3) is 0 Å². The minimum absolute atomic E-state index is 0.0132. The van der Waals surface area contributed by atoms with E-state index in [4.69, 9.17) is 0 Å². The third-order valence-corrected chi connectivity index (χ3v) is 5.60. The Morgan fingerprint density at radius 2 is 1.76 bits per heavy atom. The third kappa shape index (κ3) is 6.21. The summed E-state index contributed by atoms with van der Waals surface area (Å²) < 4.78 is 0. The molecule has 0 saturated heterocycles. The highest BCUT2D eigenvalue weighted by Gasteiger charge is 2.42. The zero-order valence-electron chi connectivity index (χ0n) is 18.2. The maximum Gasteiger partial charge on any atom is 0.242 e. The van der Waals surface area contributed by atoms with Gasteiger partial charge < -0.3 is 20.4 Å². The second kappa shape index (κ2) is 10.8. The van der Waals surface area contributed by atoms with Crippen molar-refractivity contribution in [2.75, 3.05) is 40.8 Å². The van der Waals surface area contributed by atoms with E-state index in [1.54, 1.807) is 26.0 Å². The molecule has 160 valence electrons. The van der Waals surface area contributed by atoms with Crippen molar-refractivity contribution in [2.24, 2.45) is 10.4 Å². The van der Waals surface area contributed by atoms with Crippen molar-refractivity contribution in [1.29, 1.82) is 0 Å². The molecule has 7 heteroatoms. The minimum Gasteiger partial charge on any atom is -0.355 e. The number of rotatable bonds is 8. The Kier molecular flexibility index (Phi) is 8.49. The summed E-state index contributed by atoms with van der Waals surface area (Å²) in [5.41, 5.74) is 0.726. The standard InChI is InChI=1S/C22H35N5O2/c1-5-27(16-18-11-7-6-8-12-18)19(28)15-24-21(23-2)25-17-22(13-9-10-14-22)20(29)26(3)4/h6-8,11-12H,5,9-10,13-17H2,1-4H3,(H2,23,24,25). The van der Waals surface area contributed by atoms with Gasteiger partial charge >= 0.3 is 0 Å². The van der Waals surface area contributed by atoms with Crippen molar-refractivity contribution in [1.82, 2.24) is 20.4 Å². The fourth-order valence-electron chi connectivity index (χ4n) is 3.92. The van der Waals surface area contributed by atoms with Crippen LogP contribution in [0, 0.1) is 5.41 Å². The lowest BCUT2D eigenvalue weighted by Crippen LogP contribution is -2.50. The number of aliphatic imine (C=N–C) groups is 1. The van der Waals surface area contributed by atoms with E-state index >= 15 is 0 Å². The summed E-state index contributed by atoms with van der Waals surface area (Å²) >= 11 is 0. The Hall–Kier alpha value is -2.57. The normalized spacial score (nSPS) is 15.7. The van der Waals surface area contributed by atoms with E-state index in [0.717, 1.165) is 31.2 Å². The third-order valence-electron chi connectivity index (χ3n) is 5.60. The molecule has 0 aliphatic heterocycles. The topological polar surface area (TPSA) is 77.0 Å². The van der Waals surface area contributed by atoms with Crippen LogP contribution in [0.3, 0.4) is 0 Å². The Balaban J connectivity index is 1.89. The van der Waals surface area contributed by atoms with Gasteiger partial charge in [-0.1, -0.05) is 43.2 Å². The van der Waals surface area contributed by atoms with E-state index in [1.807, 2.05) is 42.2 Å². The molecular formula is C22H35N5O2. The van der Waals surface area contributed by atoms with Crippen LogP contribution in [-0.4, -0.2) is 68.4 Å². The lowest BCUT2D eigenvalue weighted by Gasteiger charge is -2.31. The van der Waals surface area contributed by atoms with Crippen LogP contribution in [-0.2, 0) is 16.1 Å². The lowest BCUT2D eigenvalue weighted by molar-refractivity contribution is -0.139. The molecule has 0 heterocycles. The number of nitrogens with zero attached hydrogens (tertiary/aromatic N) is 3. The molecule has 2 rings (SSSR count). The molecule has 0 aromatic heterocycles. The number of hydrogen-bond donors (Lipinski definition) is 2. The predicted octanol–water partition coefficient (Wildman–Crippen LogP) is 1.85. The molecule has 29 heavy (non-hydrogen) atoms. The maximum absolute atomic E-state index is 12.7. The summed E-state index contributed by atoms with van der Waals surface area (Å²) in [5.74, 6) is 0.722. The fourth-order valence-corrected chi connectivity index (χ4v) is 3.92. The molecule has 7 nitrogen and oxygen atoms in total. The van der Waals surface area contributed by atoms with Gasteiger partial charge in [0.1, 0.15) is 0 Å². The van der Waals surface area contributed by atoms with Crippen LogP contribution < -0.4 is 10.6 Å². The highest BCUT2D eigenvalue weighted by Crippen LogP contribution is 2.38. The Labute approximate surface area is 174 Å². The molecule has 0 bridgehead atoms. The first kappa shape index (κ1) is 22.7. The van der Waals surface area contributed by atoms with Crippen molar-refractivity contribution >= 4 is 17.8 Å². The quantitative estimate of drug-likeness (QED) is 0.515. The predicted molar refractivity (Wildman–Crippen MR) is 116 cm³/mol. The van der Waals surface area contributed by atoms with Crippen molar-refractivity contribution in [3.8, 4) is 0 Å². The van der Waals surface area contributed by atoms with Crippen LogP contribution in [0.25, 0.3) is 0 Å². The van der Waals surface area contributed by atoms with Crippen LogP contribution in [0.5, 0.6) is 0 Å². The first-order valence-electron chi connectivity index (χ1n) is 10.4. The molecule has 0 unspecified atom stereocenters. The number of guanidine groups is 1. The van der Waals surface area contributed by atoms with Gasteiger partial charge in [0.15, 0.2) is 5.96 Å². The maximum atomic E-state index is 12.7. The molecule has 1 aliphatic carbocycles. The number of amides is 2. The van der Waals surface area contributed by atoms with E-state index < -0.39 is 0 Å². The van der Waals surface area contributed by atoms with Gasteiger partial charge in [0.2, 0.25) is 11.8 Å². The molecule has 0 radical (unpaired) electrons. The Bertz CT molecular complexity index is 696. The number of carbonyl (C=O) groups excluding carboxylic acids is 2. The fraction of sp³-hybridized carbons (Fsp3) is 0.591. The van der Waals surface area contributed by atoms with Crippen molar-refractivity contribution in [3.63, 3.8) is 0 Å². The average molecular weight is 402 g/mol. The van der Waals surface area contributed by atoms with Gasteiger partial charge in [-0.15, -0.1) is 0 Å². The van der Waals surface area contributed by atoms with E-state index in [2.05, 4.69) is 15.6 Å². The summed E-state index contributed by atoms with van der Waals surface area (Å²) in [7, 11) is 5.29. The smallest absolute Gasteiger partial charge is 0.242 e. The SMILES string of the molecule is CCN(Cc1ccccc1)C(=O)CNC(=NC)NCC1(C(=O)N(C)C)CCCC1. The van der Waals surface area contributed by atoms with E-state index in [0.29, 0.717) is 25.6 Å². The van der Waals surface area contributed by atoms with Gasteiger partial charge in [-0.25, -0.2) is 0 Å². The number of hydrogen-bond acceptors (Lipinski definition) is 3. The molecule has 1 aromatic carbocycles. The number of carbonyl (C=O) groups is 2. The highest BCUT2D eigenvalue weighted by atomic mass is 16.2. The van der Waals surface area contributed by atoms with E-state index in [-0.39, 0.29) is 23.8 Å². The molecule has 0 spiro atoms. The zero-order chi connectivity index (χ0) is 21.3. The van der Waals surface area contributed by atoms with Gasteiger partial charge in [0.05, 0.1) is 12.0 Å². The van der Waals surface area contributed by atoms with Crippen LogP contribution in [0.2, 0.25) is 0 Å². The van der Waals surface area contributed by atoms with Gasteiger partial charge in [-0.3, -0.25) is 14.6 Å². The molecule has 1 saturated carbocycles. The van der Waals surface area contributed by atoms with Crippen LogP contribution in [0.15, 0.2) is 35.3 Å². The van der Waals surface area contributed by atoms with Crippen LogP contribution in [0.4, 0.5) is 0 Å². The molecular weight excluding hydrogens is 366 g/mol. The highest BCUT2D eigenvalue weighted by molar-refractivity contribution is 5.87. The largest absolute Gasteiger partial charge is 0.355 e. The van der Waals surface area contributed by atoms with Gasteiger partial charge in [-0.2, -0.15) is 0 Å². The lowest BCUT2D eigenvalue weighted by atomic mass is 9.84. The van der Waals surface area contributed by atoms with Gasteiger partial charge in [-0.05, 0) is 25.3 Å². The summed E-state index contributed by atoms with van der Waals surface area (Å²) in [6.07, 6.45) is 3.90. The molecule has 2 N–H and O–H groups in total. The molecule has 1 fully saturated rings. The minimum atomic E-state index is -0.381. The zero-order valence-corrected chi connectivity index (χ0v) is 18.2. The summed E-state index contributed by atoms with van der Waals surface area (Å²) in [6.45, 7) is 3.89. The Morgan fingerprint density at radius 1 is 1.10 bits per heavy atom. The number of benzene rings is 1. The summed E-state index contributed by atoms with van der Waals surface area (Å²) in [6, 6.07) is 9.97. The molecule has 1 aromatic rings. The molecule has 1 aliphatic rings. The first-order valence-corrected chi connectivity index (χ1v) is 10.4. The van der Waals surface area contributed by atoms with E-state index in [1.165, 1.54) is 0 Å². The van der Waals surface area contributed by atoms with Crippen molar-refractivity contribution < 1.29 is 9.59 Å². The molecule has 0 atom stereocenters. The van der Waals surface area contributed by atoms with Gasteiger partial charge in [0, 0.05) is 40.8 Å². The number of nitrogens with one attached hydrogen (secondary N) is 2. The average Bonchev–Trinajstić information content (AvgIpc) is 3.22. The van der Waals surface area contributed by atoms with E-state index in [9.17, 15) is 9.59 Å². The van der Waals surface area contributed by atoms with Crippen LogP contribution in [0.1, 0.15) is 38.2 Å². The first-order chi connectivity index (χ1) is 13.9. The van der Waals surface area contributed by atoms with Crippen molar-refractivity contribution in [2.45, 2.75) is 39.2 Å². The molecule has 2 amide bonds. The van der Waals surface area contributed by atoms with Crippen molar-refractivity contribution in [3.05, 3.63) is 35.9 Å². The van der Waals surface area contributed by atoms with Crippen LogP contribution >= 0.6 is 0 Å². The summed E-state index contributed by atoms with van der Waals surface area (Å²) in [4.78, 5) is 33.0. The summed E-state index contributed by atoms with van der Waals surface area (Å²) in [5, 5.41) is 6.37. The monoisotopic (exact) mass is 401 g/mol.